The van der Waals surface area contributed by atoms with Gasteiger partial charge in [-0.25, -0.2) is 8.42 Å². The molecule has 0 atom stereocenters. The number of hydrogen-bond donors (Lipinski definition) is 1. The number of rotatable bonds is 5. The van der Waals surface area contributed by atoms with E-state index in [2.05, 4.69) is 21.2 Å². The summed E-state index contributed by atoms with van der Waals surface area (Å²) in [5.74, 6) is -0.106. The SMILES string of the molecule is CCS(=O)(=O)c1ccc(NC(=O)C(C)(C)c2ccc(Br)cc2)cc1. The van der Waals surface area contributed by atoms with Crippen LogP contribution in [0, 0.1) is 0 Å². The van der Waals surface area contributed by atoms with Crippen LogP contribution in [0.15, 0.2) is 57.9 Å². The molecule has 0 aliphatic carbocycles. The fourth-order valence-electron chi connectivity index (χ4n) is 2.20. The zero-order valence-corrected chi connectivity index (χ0v) is 16.2. The molecular weight excluding hydrogens is 390 g/mol. The highest BCUT2D eigenvalue weighted by molar-refractivity contribution is 9.10. The lowest BCUT2D eigenvalue weighted by Crippen LogP contribution is -2.34. The van der Waals surface area contributed by atoms with Crippen molar-refractivity contribution in [2.45, 2.75) is 31.1 Å². The maximum Gasteiger partial charge on any atom is 0.234 e. The maximum absolute atomic E-state index is 12.6. The number of carbonyl (C=O) groups is 1. The first kappa shape index (κ1) is 18.7. The highest BCUT2D eigenvalue weighted by Gasteiger charge is 2.29. The Kier molecular flexibility index (Phi) is 5.50. The van der Waals surface area contributed by atoms with Crippen molar-refractivity contribution >= 4 is 37.4 Å². The number of amides is 1. The van der Waals surface area contributed by atoms with E-state index in [1.54, 1.807) is 19.1 Å². The first-order chi connectivity index (χ1) is 11.2. The average molecular weight is 410 g/mol. The summed E-state index contributed by atoms with van der Waals surface area (Å²) in [6.45, 7) is 5.30. The second-order valence-corrected chi connectivity index (χ2v) is 9.21. The van der Waals surface area contributed by atoms with Gasteiger partial charge in [-0.15, -0.1) is 0 Å². The van der Waals surface area contributed by atoms with Gasteiger partial charge in [0.25, 0.3) is 0 Å². The van der Waals surface area contributed by atoms with Crippen LogP contribution < -0.4 is 5.32 Å². The van der Waals surface area contributed by atoms with E-state index in [0.29, 0.717) is 5.69 Å². The van der Waals surface area contributed by atoms with Gasteiger partial charge in [-0.3, -0.25) is 4.79 Å². The summed E-state index contributed by atoms with van der Waals surface area (Å²) >= 11 is 3.38. The van der Waals surface area contributed by atoms with E-state index in [-0.39, 0.29) is 16.6 Å². The van der Waals surface area contributed by atoms with Gasteiger partial charge in [-0.1, -0.05) is 35.0 Å². The Labute approximate surface area is 151 Å². The third-order valence-electron chi connectivity index (χ3n) is 3.98. The van der Waals surface area contributed by atoms with Gasteiger partial charge in [0, 0.05) is 10.2 Å². The minimum atomic E-state index is -3.24. The Balaban J connectivity index is 2.18. The molecule has 0 radical (unpaired) electrons. The van der Waals surface area contributed by atoms with Crippen LogP contribution in [-0.4, -0.2) is 20.1 Å². The zero-order valence-electron chi connectivity index (χ0n) is 13.8. The average Bonchev–Trinajstić information content (AvgIpc) is 2.55. The Hall–Kier alpha value is -1.66. The fourth-order valence-corrected chi connectivity index (χ4v) is 3.35. The van der Waals surface area contributed by atoms with Crippen molar-refractivity contribution in [1.29, 1.82) is 0 Å². The molecule has 2 aromatic rings. The van der Waals surface area contributed by atoms with Gasteiger partial charge in [0.2, 0.25) is 5.91 Å². The lowest BCUT2D eigenvalue weighted by Gasteiger charge is -2.24. The monoisotopic (exact) mass is 409 g/mol. The molecule has 0 aliphatic heterocycles. The Bertz CT molecular complexity index is 826. The summed E-state index contributed by atoms with van der Waals surface area (Å²) in [4.78, 5) is 12.9. The van der Waals surface area contributed by atoms with E-state index < -0.39 is 15.3 Å². The van der Waals surface area contributed by atoms with Crippen molar-refractivity contribution in [1.82, 2.24) is 0 Å². The van der Waals surface area contributed by atoms with Crippen LogP contribution >= 0.6 is 15.9 Å². The molecule has 1 N–H and O–H groups in total. The van der Waals surface area contributed by atoms with Crippen molar-refractivity contribution in [3.63, 3.8) is 0 Å². The molecule has 4 nitrogen and oxygen atoms in total. The zero-order chi connectivity index (χ0) is 18.0. The van der Waals surface area contributed by atoms with Crippen LogP contribution in [0.4, 0.5) is 5.69 Å². The number of hydrogen-bond acceptors (Lipinski definition) is 3. The fraction of sp³-hybridized carbons (Fsp3) is 0.278. The van der Waals surface area contributed by atoms with Gasteiger partial charge in [0.15, 0.2) is 9.84 Å². The van der Waals surface area contributed by atoms with E-state index in [1.165, 1.54) is 12.1 Å². The standard InChI is InChI=1S/C18H20BrNO3S/c1-4-24(22,23)16-11-9-15(10-12-16)20-17(21)18(2,3)13-5-7-14(19)8-6-13/h5-12H,4H2,1-3H3,(H,20,21). The smallest absolute Gasteiger partial charge is 0.234 e. The van der Waals surface area contributed by atoms with Gasteiger partial charge >= 0.3 is 0 Å². The van der Waals surface area contributed by atoms with Crippen LogP contribution in [0.3, 0.4) is 0 Å². The number of benzene rings is 2. The molecule has 1 amide bonds. The molecule has 0 unspecified atom stereocenters. The summed E-state index contributed by atoms with van der Waals surface area (Å²) in [6, 6.07) is 13.9. The van der Waals surface area contributed by atoms with Gasteiger partial charge in [-0.05, 0) is 55.8 Å². The van der Waals surface area contributed by atoms with Crippen LogP contribution in [0.25, 0.3) is 0 Å². The van der Waals surface area contributed by atoms with Crippen molar-refractivity contribution in [3.8, 4) is 0 Å². The molecule has 0 spiro atoms. The number of halogens is 1. The summed E-state index contributed by atoms with van der Waals surface area (Å²) in [6.07, 6.45) is 0. The number of anilines is 1. The van der Waals surface area contributed by atoms with E-state index in [0.717, 1.165) is 10.0 Å². The number of nitrogens with one attached hydrogen (secondary N) is 1. The molecule has 0 bridgehead atoms. The van der Waals surface area contributed by atoms with Gasteiger partial charge < -0.3 is 5.32 Å². The third-order valence-corrected chi connectivity index (χ3v) is 6.26. The molecule has 24 heavy (non-hydrogen) atoms. The molecule has 0 saturated carbocycles. The highest BCUT2D eigenvalue weighted by atomic mass is 79.9. The van der Waals surface area contributed by atoms with Crippen LogP contribution in [-0.2, 0) is 20.0 Å². The Morgan fingerprint density at radius 2 is 1.58 bits per heavy atom. The van der Waals surface area contributed by atoms with E-state index in [4.69, 9.17) is 0 Å². The first-order valence-corrected chi connectivity index (χ1v) is 10.0. The van der Waals surface area contributed by atoms with Crippen LogP contribution in [0.2, 0.25) is 0 Å². The highest BCUT2D eigenvalue weighted by Crippen LogP contribution is 2.27. The quantitative estimate of drug-likeness (QED) is 0.805. The number of carbonyl (C=O) groups excluding carboxylic acids is 1. The maximum atomic E-state index is 12.6. The lowest BCUT2D eigenvalue weighted by molar-refractivity contribution is -0.120. The summed E-state index contributed by atoms with van der Waals surface area (Å²) in [5.41, 5.74) is 0.753. The first-order valence-electron chi connectivity index (χ1n) is 7.57. The molecule has 0 aromatic heterocycles. The normalized spacial score (nSPS) is 12.0. The van der Waals surface area contributed by atoms with Gasteiger partial charge in [0.1, 0.15) is 0 Å². The van der Waals surface area contributed by atoms with Crippen molar-refractivity contribution < 1.29 is 13.2 Å². The minimum Gasteiger partial charge on any atom is -0.325 e. The van der Waals surface area contributed by atoms with Crippen LogP contribution in [0.5, 0.6) is 0 Å². The molecule has 128 valence electrons. The predicted octanol–water partition coefficient (Wildman–Crippen LogP) is 4.16. The van der Waals surface area contributed by atoms with Crippen molar-refractivity contribution in [2.75, 3.05) is 11.1 Å². The van der Waals surface area contributed by atoms with Crippen LogP contribution in [0.1, 0.15) is 26.3 Å². The van der Waals surface area contributed by atoms with E-state index >= 15 is 0 Å². The predicted molar refractivity (Wildman–Crippen MR) is 100.0 cm³/mol. The number of sulfone groups is 1. The summed E-state index contributed by atoms with van der Waals surface area (Å²) in [7, 11) is -3.24. The molecule has 0 aliphatic rings. The van der Waals surface area contributed by atoms with E-state index in [9.17, 15) is 13.2 Å². The molecule has 6 heteroatoms. The topological polar surface area (TPSA) is 63.2 Å². The largest absolute Gasteiger partial charge is 0.325 e. The second kappa shape index (κ2) is 7.07. The van der Waals surface area contributed by atoms with Crippen molar-refractivity contribution in [3.05, 3.63) is 58.6 Å². The summed E-state index contributed by atoms with van der Waals surface area (Å²) in [5, 5.41) is 2.85. The molecule has 0 saturated heterocycles. The minimum absolute atomic E-state index is 0.0509. The molecule has 0 heterocycles. The Morgan fingerprint density at radius 1 is 1.04 bits per heavy atom. The lowest BCUT2D eigenvalue weighted by atomic mass is 9.83. The van der Waals surface area contributed by atoms with Crippen molar-refractivity contribution in [2.24, 2.45) is 0 Å². The molecule has 2 rings (SSSR count). The van der Waals surface area contributed by atoms with Gasteiger partial charge in [-0.2, -0.15) is 0 Å². The Morgan fingerprint density at radius 3 is 2.08 bits per heavy atom. The molecule has 2 aromatic carbocycles. The van der Waals surface area contributed by atoms with E-state index in [1.807, 2.05) is 38.1 Å². The molecular formula is C18H20BrNO3S. The molecule has 0 fully saturated rings. The van der Waals surface area contributed by atoms with Gasteiger partial charge in [0.05, 0.1) is 16.1 Å². The summed E-state index contributed by atoms with van der Waals surface area (Å²) < 4.78 is 24.6. The second-order valence-electron chi connectivity index (χ2n) is 6.01. The third kappa shape index (κ3) is 4.05.